The Morgan fingerprint density at radius 1 is 1.64 bits per heavy atom. The average molecular weight is 195 g/mol. The van der Waals surface area contributed by atoms with Crippen LogP contribution in [0.5, 0.6) is 0 Å². The summed E-state index contributed by atoms with van der Waals surface area (Å²) in [6.07, 6.45) is 4.05. The van der Waals surface area contributed by atoms with E-state index in [0.717, 1.165) is 19.5 Å². The second-order valence-corrected chi connectivity index (χ2v) is 3.96. The Bertz CT molecular complexity index is 234. The van der Waals surface area contributed by atoms with Crippen molar-refractivity contribution in [3.63, 3.8) is 0 Å². The van der Waals surface area contributed by atoms with Gasteiger partial charge in [0.25, 0.3) is 0 Å². The van der Waals surface area contributed by atoms with Gasteiger partial charge in [-0.15, -0.1) is 6.58 Å². The molecule has 0 radical (unpaired) electrons. The minimum atomic E-state index is 0.0566. The Hall–Kier alpha value is -1.03. The number of hydrogen-bond acceptors (Lipinski definition) is 2. The lowest BCUT2D eigenvalue weighted by Crippen LogP contribution is -2.64. The van der Waals surface area contributed by atoms with E-state index in [-0.39, 0.29) is 6.03 Å². The molecule has 2 unspecified atom stereocenters. The number of piperazine rings is 1. The fourth-order valence-electron chi connectivity index (χ4n) is 2.22. The molecule has 4 heteroatoms. The molecule has 0 spiro atoms. The SMILES string of the molecule is C=CCNC(=O)N1CC2CCC1CN2. The van der Waals surface area contributed by atoms with E-state index in [9.17, 15) is 4.79 Å². The van der Waals surface area contributed by atoms with Crippen LogP contribution in [0.4, 0.5) is 4.79 Å². The summed E-state index contributed by atoms with van der Waals surface area (Å²) in [4.78, 5) is 13.6. The lowest BCUT2D eigenvalue weighted by Gasteiger charge is -2.45. The van der Waals surface area contributed by atoms with Gasteiger partial charge >= 0.3 is 6.03 Å². The molecule has 3 rings (SSSR count). The van der Waals surface area contributed by atoms with E-state index in [1.54, 1.807) is 6.08 Å². The van der Waals surface area contributed by atoms with Gasteiger partial charge in [-0.25, -0.2) is 4.79 Å². The van der Waals surface area contributed by atoms with Crippen LogP contribution in [-0.2, 0) is 0 Å². The largest absolute Gasteiger partial charge is 0.335 e. The number of amides is 2. The number of piperidine rings is 2. The predicted molar refractivity (Wildman–Crippen MR) is 55.1 cm³/mol. The standard InChI is InChI=1S/C10H17N3O/c1-2-5-11-10(14)13-7-8-3-4-9(13)6-12-8/h2,8-9,12H,1,3-7H2,(H,11,14). The number of nitrogens with one attached hydrogen (secondary N) is 2. The maximum atomic E-state index is 11.7. The predicted octanol–water partition coefficient (Wildman–Crippen LogP) is 0.318. The monoisotopic (exact) mass is 195 g/mol. The van der Waals surface area contributed by atoms with Gasteiger partial charge in [-0.2, -0.15) is 0 Å². The van der Waals surface area contributed by atoms with Gasteiger partial charge in [-0.3, -0.25) is 0 Å². The summed E-state index contributed by atoms with van der Waals surface area (Å²) in [6, 6.07) is 0.959. The van der Waals surface area contributed by atoms with Gasteiger partial charge in [0.1, 0.15) is 0 Å². The Kier molecular flexibility index (Phi) is 2.72. The van der Waals surface area contributed by atoms with E-state index in [0.29, 0.717) is 18.6 Å². The van der Waals surface area contributed by atoms with Crippen molar-refractivity contribution in [3.05, 3.63) is 12.7 Å². The number of carbonyl (C=O) groups is 1. The van der Waals surface area contributed by atoms with E-state index in [1.807, 2.05) is 4.90 Å². The molecule has 3 saturated heterocycles. The number of nitrogens with zero attached hydrogens (tertiary/aromatic N) is 1. The molecule has 2 N–H and O–H groups in total. The number of fused-ring (bicyclic) bond motifs is 3. The fourth-order valence-corrected chi connectivity index (χ4v) is 2.22. The highest BCUT2D eigenvalue weighted by atomic mass is 16.2. The quantitative estimate of drug-likeness (QED) is 0.623. The highest BCUT2D eigenvalue weighted by molar-refractivity contribution is 5.75. The van der Waals surface area contributed by atoms with E-state index in [1.165, 1.54) is 6.42 Å². The molecule has 14 heavy (non-hydrogen) atoms. The van der Waals surface area contributed by atoms with Crippen molar-refractivity contribution in [3.8, 4) is 0 Å². The second-order valence-electron chi connectivity index (χ2n) is 3.96. The topological polar surface area (TPSA) is 44.4 Å². The van der Waals surface area contributed by atoms with Crippen molar-refractivity contribution < 1.29 is 4.79 Å². The zero-order valence-electron chi connectivity index (χ0n) is 8.33. The van der Waals surface area contributed by atoms with Crippen LogP contribution in [0.25, 0.3) is 0 Å². The first kappa shape index (κ1) is 9.52. The van der Waals surface area contributed by atoms with E-state index >= 15 is 0 Å². The maximum Gasteiger partial charge on any atom is 0.317 e. The van der Waals surface area contributed by atoms with Gasteiger partial charge in [0.05, 0.1) is 0 Å². The first-order chi connectivity index (χ1) is 6.81. The van der Waals surface area contributed by atoms with Crippen molar-refractivity contribution in [1.29, 1.82) is 0 Å². The smallest absolute Gasteiger partial charge is 0.317 e. The van der Waals surface area contributed by atoms with Gasteiger partial charge in [-0.05, 0) is 12.8 Å². The molecule has 4 nitrogen and oxygen atoms in total. The van der Waals surface area contributed by atoms with Gasteiger partial charge in [0, 0.05) is 31.7 Å². The molecule has 3 fully saturated rings. The first-order valence-electron chi connectivity index (χ1n) is 5.20. The van der Waals surface area contributed by atoms with Crippen LogP contribution in [0.2, 0.25) is 0 Å². The molecule has 0 aromatic heterocycles. The minimum absolute atomic E-state index is 0.0566. The molecule has 0 saturated carbocycles. The number of rotatable bonds is 2. The molecule has 2 bridgehead atoms. The third-order valence-corrected chi connectivity index (χ3v) is 3.01. The summed E-state index contributed by atoms with van der Waals surface area (Å²) in [6.45, 7) is 5.94. The Morgan fingerprint density at radius 2 is 2.50 bits per heavy atom. The summed E-state index contributed by atoms with van der Waals surface area (Å²) < 4.78 is 0. The summed E-state index contributed by atoms with van der Waals surface area (Å²) in [7, 11) is 0. The molecule has 3 heterocycles. The summed E-state index contributed by atoms with van der Waals surface area (Å²) >= 11 is 0. The number of carbonyl (C=O) groups excluding carboxylic acids is 1. The maximum absolute atomic E-state index is 11.7. The second kappa shape index (κ2) is 4.00. The highest BCUT2D eigenvalue weighted by Crippen LogP contribution is 2.21. The molecule has 2 atom stereocenters. The van der Waals surface area contributed by atoms with Crippen LogP contribution < -0.4 is 10.6 Å². The van der Waals surface area contributed by atoms with Gasteiger partial charge < -0.3 is 15.5 Å². The van der Waals surface area contributed by atoms with Crippen molar-refractivity contribution in [2.45, 2.75) is 24.9 Å². The molecule has 3 aliphatic heterocycles. The minimum Gasteiger partial charge on any atom is -0.335 e. The van der Waals surface area contributed by atoms with Crippen molar-refractivity contribution >= 4 is 6.03 Å². The zero-order chi connectivity index (χ0) is 9.97. The third-order valence-electron chi connectivity index (χ3n) is 3.01. The molecular formula is C10H17N3O. The van der Waals surface area contributed by atoms with Crippen molar-refractivity contribution in [1.82, 2.24) is 15.5 Å². The van der Waals surface area contributed by atoms with Crippen LogP contribution in [0.15, 0.2) is 12.7 Å². The third kappa shape index (κ3) is 1.75. The summed E-state index contributed by atoms with van der Waals surface area (Å²) in [5.41, 5.74) is 0. The summed E-state index contributed by atoms with van der Waals surface area (Å²) in [5.74, 6) is 0. The molecule has 78 valence electrons. The van der Waals surface area contributed by atoms with Crippen LogP contribution in [0.1, 0.15) is 12.8 Å². The zero-order valence-corrected chi connectivity index (χ0v) is 8.33. The summed E-state index contributed by atoms with van der Waals surface area (Å²) in [5, 5.41) is 6.25. The normalized spacial score (nSPS) is 30.1. The first-order valence-corrected chi connectivity index (χ1v) is 5.20. The van der Waals surface area contributed by atoms with Gasteiger partial charge in [0.2, 0.25) is 0 Å². The number of hydrogen-bond donors (Lipinski definition) is 2. The van der Waals surface area contributed by atoms with Crippen molar-refractivity contribution in [2.75, 3.05) is 19.6 Å². The van der Waals surface area contributed by atoms with Crippen molar-refractivity contribution in [2.24, 2.45) is 0 Å². The number of urea groups is 1. The van der Waals surface area contributed by atoms with Crippen LogP contribution in [-0.4, -0.2) is 42.6 Å². The molecule has 0 aromatic carbocycles. The van der Waals surface area contributed by atoms with E-state index in [2.05, 4.69) is 17.2 Å². The highest BCUT2D eigenvalue weighted by Gasteiger charge is 2.35. The lowest BCUT2D eigenvalue weighted by atomic mass is 9.93. The molecular weight excluding hydrogens is 178 g/mol. The fraction of sp³-hybridized carbons (Fsp3) is 0.700. The van der Waals surface area contributed by atoms with E-state index in [4.69, 9.17) is 0 Å². The Labute approximate surface area is 84.3 Å². The molecule has 0 aliphatic carbocycles. The van der Waals surface area contributed by atoms with Gasteiger partial charge in [-0.1, -0.05) is 6.08 Å². The van der Waals surface area contributed by atoms with Gasteiger partial charge in [0.15, 0.2) is 0 Å². The Balaban J connectivity index is 1.91. The molecule has 2 amide bonds. The van der Waals surface area contributed by atoms with E-state index < -0.39 is 0 Å². The average Bonchev–Trinajstić information content (AvgIpc) is 2.27. The van der Waals surface area contributed by atoms with Crippen LogP contribution in [0, 0.1) is 0 Å². The van der Waals surface area contributed by atoms with Crippen LogP contribution >= 0.6 is 0 Å². The molecule has 0 aromatic rings. The van der Waals surface area contributed by atoms with Crippen LogP contribution in [0.3, 0.4) is 0 Å². The molecule has 3 aliphatic rings. The Morgan fingerprint density at radius 3 is 3.00 bits per heavy atom. The lowest BCUT2D eigenvalue weighted by molar-refractivity contribution is 0.0984.